The van der Waals surface area contributed by atoms with Gasteiger partial charge in [0.25, 0.3) is 0 Å². The SMILES string of the molecule is CCOC(=O)CCC(Cl)C(CC)CC. The first kappa shape index (κ1) is 13.8. The lowest BCUT2D eigenvalue weighted by Gasteiger charge is -2.18. The second kappa shape index (κ2) is 8.10. The molecule has 0 aliphatic rings. The minimum absolute atomic E-state index is 0.106. The number of ether oxygens (including phenoxy) is 1. The van der Waals surface area contributed by atoms with Crippen LogP contribution in [0.15, 0.2) is 0 Å². The molecule has 0 radical (unpaired) electrons. The molecule has 1 atom stereocenters. The van der Waals surface area contributed by atoms with Crippen LogP contribution in [0.1, 0.15) is 46.5 Å². The third-order valence-corrected chi connectivity index (χ3v) is 3.06. The zero-order valence-electron chi connectivity index (χ0n) is 9.38. The summed E-state index contributed by atoms with van der Waals surface area (Å²) in [6.45, 7) is 6.54. The molecule has 0 N–H and O–H groups in total. The molecule has 0 aromatic heterocycles. The van der Waals surface area contributed by atoms with Crippen LogP contribution in [0.5, 0.6) is 0 Å². The molecule has 84 valence electrons. The van der Waals surface area contributed by atoms with Gasteiger partial charge in [-0.3, -0.25) is 4.79 Å². The van der Waals surface area contributed by atoms with E-state index in [1.165, 1.54) is 0 Å². The summed E-state index contributed by atoms with van der Waals surface area (Å²) in [5, 5.41) is 0.106. The highest BCUT2D eigenvalue weighted by atomic mass is 35.5. The first-order chi connectivity index (χ1) is 6.65. The quantitative estimate of drug-likeness (QED) is 0.486. The third kappa shape index (κ3) is 5.48. The summed E-state index contributed by atoms with van der Waals surface area (Å²) in [6.07, 6.45) is 3.33. The summed E-state index contributed by atoms with van der Waals surface area (Å²) in [5.41, 5.74) is 0. The van der Waals surface area contributed by atoms with Crippen LogP contribution in [-0.4, -0.2) is 18.0 Å². The van der Waals surface area contributed by atoms with E-state index >= 15 is 0 Å². The first-order valence-electron chi connectivity index (χ1n) is 5.45. The highest BCUT2D eigenvalue weighted by molar-refractivity contribution is 6.20. The Morgan fingerprint density at radius 3 is 2.29 bits per heavy atom. The molecule has 0 rings (SSSR count). The fraction of sp³-hybridized carbons (Fsp3) is 0.909. The molecule has 0 saturated carbocycles. The largest absolute Gasteiger partial charge is 0.466 e. The number of alkyl halides is 1. The Morgan fingerprint density at radius 1 is 1.29 bits per heavy atom. The number of hydrogen-bond donors (Lipinski definition) is 0. The van der Waals surface area contributed by atoms with Gasteiger partial charge in [-0.25, -0.2) is 0 Å². The predicted octanol–water partition coefficient (Wildman–Crippen LogP) is 3.37. The number of halogens is 1. The summed E-state index contributed by atoms with van der Waals surface area (Å²) < 4.78 is 4.84. The van der Waals surface area contributed by atoms with Crippen LogP contribution in [0.25, 0.3) is 0 Å². The van der Waals surface area contributed by atoms with E-state index in [2.05, 4.69) is 13.8 Å². The van der Waals surface area contributed by atoms with Crippen molar-refractivity contribution < 1.29 is 9.53 Å². The average Bonchev–Trinajstić information content (AvgIpc) is 2.17. The van der Waals surface area contributed by atoms with Gasteiger partial charge in [-0.2, -0.15) is 0 Å². The van der Waals surface area contributed by atoms with Crippen LogP contribution >= 0.6 is 11.6 Å². The van der Waals surface area contributed by atoms with Crippen molar-refractivity contribution in [2.24, 2.45) is 5.92 Å². The van der Waals surface area contributed by atoms with E-state index in [1.54, 1.807) is 0 Å². The second-order valence-electron chi connectivity index (χ2n) is 3.44. The van der Waals surface area contributed by atoms with Gasteiger partial charge in [0.05, 0.1) is 6.61 Å². The molecule has 0 amide bonds. The maximum Gasteiger partial charge on any atom is 0.305 e. The van der Waals surface area contributed by atoms with Crippen molar-refractivity contribution >= 4 is 17.6 Å². The number of carbonyl (C=O) groups is 1. The van der Waals surface area contributed by atoms with Crippen molar-refractivity contribution in [2.45, 2.75) is 51.8 Å². The molecular weight excluding hydrogens is 200 g/mol. The summed E-state index contributed by atoms with van der Waals surface area (Å²) in [5.74, 6) is 0.384. The Hall–Kier alpha value is -0.240. The molecule has 0 fully saturated rings. The van der Waals surface area contributed by atoms with Crippen LogP contribution in [-0.2, 0) is 9.53 Å². The monoisotopic (exact) mass is 220 g/mol. The number of esters is 1. The van der Waals surface area contributed by atoms with Crippen LogP contribution in [0.3, 0.4) is 0 Å². The molecule has 2 nitrogen and oxygen atoms in total. The highest BCUT2D eigenvalue weighted by Crippen LogP contribution is 2.22. The third-order valence-electron chi connectivity index (χ3n) is 2.49. The molecule has 0 bridgehead atoms. The summed E-state index contributed by atoms with van der Waals surface area (Å²) in [7, 11) is 0. The minimum atomic E-state index is -0.135. The van der Waals surface area contributed by atoms with Crippen molar-refractivity contribution in [1.82, 2.24) is 0 Å². The zero-order chi connectivity index (χ0) is 11.0. The minimum Gasteiger partial charge on any atom is -0.466 e. The Balaban J connectivity index is 3.71. The molecule has 0 saturated heterocycles. The van der Waals surface area contributed by atoms with Gasteiger partial charge in [0.2, 0.25) is 0 Å². The van der Waals surface area contributed by atoms with Crippen molar-refractivity contribution in [3.05, 3.63) is 0 Å². The maximum atomic E-state index is 11.1. The molecule has 0 heterocycles. The van der Waals surface area contributed by atoms with Gasteiger partial charge in [0.15, 0.2) is 0 Å². The van der Waals surface area contributed by atoms with Crippen molar-refractivity contribution in [2.75, 3.05) is 6.61 Å². The van der Waals surface area contributed by atoms with E-state index in [1.807, 2.05) is 6.92 Å². The molecule has 1 unspecified atom stereocenters. The first-order valence-corrected chi connectivity index (χ1v) is 5.88. The fourth-order valence-corrected chi connectivity index (χ4v) is 1.99. The summed E-state index contributed by atoms with van der Waals surface area (Å²) in [4.78, 5) is 11.1. The van der Waals surface area contributed by atoms with Crippen LogP contribution < -0.4 is 0 Å². The molecule has 0 aliphatic carbocycles. The molecule has 3 heteroatoms. The molecule has 14 heavy (non-hydrogen) atoms. The van der Waals surface area contributed by atoms with E-state index < -0.39 is 0 Å². The number of carbonyl (C=O) groups excluding carboxylic acids is 1. The van der Waals surface area contributed by atoms with Gasteiger partial charge in [0, 0.05) is 11.8 Å². The van der Waals surface area contributed by atoms with Crippen molar-refractivity contribution in [3.63, 3.8) is 0 Å². The summed E-state index contributed by atoms with van der Waals surface area (Å²) in [6, 6.07) is 0. The number of hydrogen-bond acceptors (Lipinski definition) is 2. The highest BCUT2D eigenvalue weighted by Gasteiger charge is 2.16. The Morgan fingerprint density at radius 2 is 1.86 bits per heavy atom. The van der Waals surface area contributed by atoms with E-state index in [-0.39, 0.29) is 11.3 Å². The van der Waals surface area contributed by atoms with Gasteiger partial charge in [-0.05, 0) is 19.3 Å². The van der Waals surface area contributed by atoms with E-state index in [0.29, 0.717) is 18.9 Å². The molecule has 0 aromatic rings. The predicted molar refractivity (Wildman–Crippen MR) is 59.6 cm³/mol. The standard InChI is InChI=1S/C11H21ClO2/c1-4-9(5-2)10(12)7-8-11(13)14-6-3/h9-10H,4-8H2,1-3H3. The normalized spacial score (nSPS) is 12.9. The van der Waals surface area contributed by atoms with Gasteiger partial charge in [0.1, 0.15) is 0 Å². The second-order valence-corrected chi connectivity index (χ2v) is 4.00. The van der Waals surface area contributed by atoms with Gasteiger partial charge >= 0.3 is 5.97 Å². The van der Waals surface area contributed by atoms with Gasteiger partial charge in [-0.15, -0.1) is 11.6 Å². The zero-order valence-corrected chi connectivity index (χ0v) is 10.1. The van der Waals surface area contributed by atoms with E-state index in [9.17, 15) is 4.79 Å². The Labute approximate surface area is 92.0 Å². The molecule has 0 aromatic carbocycles. The molecular formula is C11H21ClO2. The van der Waals surface area contributed by atoms with E-state index in [0.717, 1.165) is 19.3 Å². The van der Waals surface area contributed by atoms with Crippen LogP contribution in [0, 0.1) is 5.92 Å². The van der Waals surface area contributed by atoms with Gasteiger partial charge < -0.3 is 4.74 Å². The van der Waals surface area contributed by atoms with E-state index in [4.69, 9.17) is 16.3 Å². The number of rotatable bonds is 7. The molecule has 0 aliphatic heterocycles. The lowest BCUT2D eigenvalue weighted by molar-refractivity contribution is -0.143. The average molecular weight is 221 g/mol. The summed E-state index contributed by atoms with van der Waals surface area (Å²) >= 11 is 6.18. The van der Waals surface area contributed by atoms with Gasteiger partial charge in [-0.1, -0.05) is 26.7 Å². The van der Waals surface area contributed by atoms with Crippen molar-refractivity contribution in [3.8, 4) is 0 Å². The van der Waals surface area contributed by atoms with Crippen LogP contribution in [0.4, 0.5) is 0 Å². The topological polar surface area (TPSA) is 26.3 Å². The smallest absolute Gasteiger partial charge is 0.305 e. The Bertz CT molecular complexity index is 155. The van der Waals surface area contributed by atoms with Crippen molar-refractivity contribution in [1.29, 1.82) is 0 Å². The Kier molecular flexibility index (Phi) is 7.96. The lowest BCUT2D eigenvalue weighted by Crippen LogP contribution is -2.15. The fourth-order valence-electron chi connectivity index (χ4n) is 1.52. The maximum absolute atomic E-state index is 11.1. The molecule has 0 spiro atoms. The lowest BCUT2D eigenvalue weighted by atomic mass is 9.96. The van der Waals surface area contributed by atoms with Crippen LogP contribution in [0.2, 0.25) is 0 Å².